The average molecular weight is 383 g/mol. The van der Waals surface area contributed by atoms with Crippen molar-refractivity contribution in [3.05, 3.63) is 64.7 Å². The maximum absolute atomic E-state index is 13.0. The number of nitriles is 1. The van der Waals surface area contributed by atoms with E-state index >= 15 is 0 Å². The number of nitrogens with one attached hydrogen (secondary N) is 2. The quantitative estimate of drug-likeness (QED) is 0.617. The van der Waals surface area contributed by atoms with Crippen molar-refractivity contribution in [1.29, 1.82) is 5.26 Å². The predicted molar refractivity (Wildman–Crippen MR) is 100 cm³/mol. The van der Waals surface area contributed by atoms with Crippen LogP contribution in [0.4, 0.5) is 15.8 Å². The first kappa shape index (κ1) is 18.4. The van der Waals surface area contributed by atoms with E-state index in [2.05, 4.69) is 15.7 Å². The lowest BCUT2D eigenvalue weighted by atomic mass is 10.1. The van der Waals surface area contributed by atoms with Crippen molar-refractivity contribution in [2.75, 3.05) is 23.1 Å². The molecule has 1 fully saturated rings. The van der Waals surface area contributed by atoms with E-state index in [1.807, 2.05) is 6.07 Å². The summed E-state index contributed by atoms with van der Waals surface area (Å²) in [5.41, 5.74) is 3.94. The van der Waals surface area contributed by atoms with Crippen molar-refractivity contribution in [1.82, 2.24) is 10.4 Å². The molecule has 0 saturated carbocycles. The lowest BCUT2D eigenvalue weighted by molar-refractivity contribution is -0.124. The van der Waals surface area contributed by atoms with Crippen molar-refractivity contribution < 1.29 is 14.0 Å². The number of pyridine rings is 1. The number of amides is 1. The summed E-state index contributed by atoms with van der Waals surface area (Å²) in [6.07, 6.45) is 3.14. The molecule has 7 nitrogen and oxygen atoms in total. The zero-order valence-corrected chi connectivity index (χ0v) is 15.0. The first-order chi connectivity index (χ1) is 13.0. The first-order valence-electron chi connectivity index (χ1n) is 7.80. The second kappa shape index (κ2) is 7.88. The average Bonchev–Trinajstić information content (AvgIpc) is 2.68. The van der Waals surface area contributed by atoms with E-state index in [4.69, 9.17) is 5.26 Å². The van der Waals surface area contributed by atoms with Gasteiger partial charge in [0, 0.05) is 5.69 Å². The van der Waals surface area contributed by atoms with Crippen molar-refractivity contribution in [2.24, 2.45) is 0 Å². The molecule has 0 atom stereocenters. The Hall–Kier alpha value is -3.38. The number of halogens is 1. The Bertz CT molecular complexity index is 931. The van der Waals surface area contributed by atoms with E-state index in [0.717, 1.165) is 0 Å². The molecule has 0 spiro atoms. The van der Waals surface area contributed by atoms with E-state index in [0.29, 0.717) is 16.4 Å². The molecule has 2 aromatic rings. The fourth-order valence-corrected chi connectivity index (χ4v) is 3.08. The fourth-order valence-electron chi connectivity index (χ4n) is 2.44. The predicted octanol–water partition coefficient (Wildman–Crippen LogP) is 2.20. The van der Waals surface area contributed by atoms with Crippen LogP contribution in [0, 0.1) is 17.1 Å². The third-order valence-electron chi connectivity index (χ3n) is 3.75. The van der Waals surface area contributed by atoms with Gasteiger partial charge in [0.1, 0.15) is 29.7 Å². The number of carbonyl (C=O) groups is 2. The number of Topliss-reactive ketones (excluding diaryl/α,β-unsaturated/α-hetero) is 1. The van der Waals surface area contributed by atoms with Gasteiger partial charge in [-0.1, -0.05) is 0 Å². The summed E-state index contributed by atoms with van der Waals surface area (Å²) in [6.45, 7) is -0.0796. The van der Waals surface area contributed by atoms with Crippen LogP contribution < -0.4 is 15.8 Å². The molecule has 0 bridgehead atoms. The molecule has 0 unspecified atom stereocenters. The molecule has 0 radical (unpaired) electrons. The smallest absolute Gasteiger partial charge is 0.276 e. The summed E-state index contributed by atoms with van der Waals surface area (Å²) in [4.78, 5) is 29.1. The van der Waals surface area contributed by atoms with Crippen LogP contribution in [-0.2, 0) is 9.59 Å². The monoisotopic (exact) mass is 383 g/mol. The number of carbonyl (C=O) groups excluding carboxylic acids is 2. The van der Waals surface area contributed by atoms with E-state index < -0.39 is 5.91 Å². The number of thioether (sulfide) groups is 1. The maximum atomic E-state index is 13.0. The van der Waals surface area contributed by atoms with Crippen molar-refractivity contribution in [2.45, 2.75) is 0 Å². The Morgan fingerprint density at radius 1 is 1.30 bits per heavy atom. The zero-order valence-electron chi connectivity index (χ0n) is 14.2. The Morgan fingerprint density at radius 2 is 2.04 bits per heavy atom. The van der Waals surface area contributed by atoms with Gasteiger partial charge in [0.25, 0.3) is 5.91 Å². The fraction of sp³-hybridized carbons (Fsp3) is 0.111. The van der Waals surface area contributed by atoms with Gasteiger partial charge >= 0.3 is 0 Å². The SMILES string of the molecule is CSC(Nc1ccc(F)cc1)=C1C(=O)CN(c2ccc(C#N)nc2)NC1=O. The van der Waals surface area contributed by atoms with E-state index in [1.54, 1.807) is 12.3 Å². The highest BCUT2D eigenvalue weighted by molar-refractivity contribution is 8.02. The van der Waals surface area contributed by atoms with Crippen LogP contribution in [-0.4, -0.2) is 29.5 Å². The largest absolute Gasteiger partial charge is 0.349 e. The van der Waals surface area contributed by atoms with E-state index in [9.17, 15) is 14.0 Å². The minimum absolute atomic E-state index is 0.00433. The molecule has 1 saturated heterocycles. The number of ketones is 1. The number of hydrogen-bond acceptors (Lipinski definition) is 7. The lowest BCUT2D eigenvalue weighted by Gasteiger charge is -2.30. The van der Waals surface area contributed by atoms with Gasteiger partial charge in [0.2, 0.25) is 0 Å². The summed E-state index contributed by atoms with van der Waals surface area (Å²) in [7, 11) is 0. The third kappa shape index (κ3) is 4.07. The van der Waals surface area contributed by atoms with Crippen LogP contribution in [0.3, 0.4) is 0 Å². The summed E-state index contributed by atoms with van der Waals surface area (Å²) >= 11 is 1.21. The number of anilines is 2. The summed E-state index contributed by atoms with van der Waals surface area (Å²) in [5, 5.41) is 13.5. The topological polar surface area (TPSA) is 98.1 Å². The van der Waals surface area contributed by atoms with E-state index in [-0.39, 0.29) is 29.4 Å². The summed E-state index contributed by atoms with van der Waals surface area (Å²) in [6, 6.07) is 10.6. The number of benzene rings is 1. The van der Waals surface area contributed by atoms with Gasteiger partial charge in [-0.25, -0.2) is 9.37 Å². The van der Waals surface area contributed by atoms with Crippen LogP contribution in [0.5, 0.6) is 0 Å². The minimum atomic E-state index is -0.561. The van der Waals surface area contributed by atoms with Crippen LogP contribution in [0.25, 0.3) is 0 Å². The second-order valence-electron chi connectivity index (χ2n) is 5.50. The molecule has 1 aliphatic heterocycles. The van der Waals surface area contributed by atoms with E-state index in [1.165, 1.54) is 53.3 Å². The normalized spacial score (nSPS) is 15.8. The number of hydrogen-bond donors (Lipinski definition) is 2. The zero-order chi connectivity index (χ0) is 19.4. The molecule has 0 aliphatic carbocycles. The molecule has 1 amide bonds. The molecule has 27 heavy (non-hydrogen) atoms. The van der Waals surface area contributed by atoms with Crippen molar-refractivity contribution >= 4 is 34.8 Å². The number of aromatic nitrogens is 1. The molecule has 2 heterocycles. The van der Waals surface area contributed by atoms with Crippen molar-refractivity contribution in [3.8, 4) is 6.07 Å². The number of rotatable bonds is 4. The molecular formula is C18H14FN5O2S. The Labute approximate surface area is 158 Å². The van der Waals surface area contributed by atoms with Crippen LogP contribution in [0.2, 0.25) is 0 Å². The molecule has 9 heteroatoms. The number of hydrazine groups is 1. The molecule has 1 aliphatic rings. The molecule has 1 aromatic heterocycles. The van der Waals surface area contributed by atoms with Crippen molar-refractivity contribution in [3.63, 3.8) is 0 Å². The van der Waals surface area contributed by atoms with Gasteiger partial charge in [-0.3, -0.25) is 20.0 Å². The maximum Gasteiger partial charge on any atom is 0.276 e. The number of nitrogens with zero attached hydrogens (tertiary/aromatic N) is 3. The van der Waals surface area contributed by atoms with Crippen LogP contribution in [0.1, 0.15) is 5.69 Å². The van der Waals surface area contributed by atoms with Gasteiger partial charge in [-0.2, -0.15) is 5.26 Å². The third-order valence-corrected chi connectivity index (χ3v) is 4.47. The minimum Gasteiger partial charge on any atom is -0.349 e. The summed E-state index contributed by atoms with van der Waals surface area (Å²) in [5.74, 6) is -1.31. The standard InChI is InChI=1S/C18H14FN5O2S/c1-27-18(22-12-4-2-11(19)3-5-12)16-15(25)10-24(23-17(16)26)14-7-6-13(8-20)21-9-14/h2-7,9,22H,10H2,1H3,(H,23,26). The van der Waals surface area contributed by atoms with Gasteiger partial charge < -0.3 is 5.32 Å². The Kier molecular flexibility index (Phi) is 5.38. The molecule has 3 rings (SSSR count). The highest BCUT2D eigenvalue weighted by Gasteiger charge is 2.32. The lowest BCUT2D eigenvalue weighted by Crippen LogP contribution is -2.53. The van der Waals surface area contributed by atoms with Gasteiger partial charge in [-0.05, 0) is 42.7 Å². The summed E-state index contributed by atoms with van der Waals surface area (Å²) < 4.78 is 13.0. The molecule has 136 valence electrons. The Balaban J connectivity index is 1.83. The Morgan fingerprint density at radius 3 is 2.59 bits per heavy atom. The molecular weight excluding hydrogens is 369 g/mol. The molecule has 1 aromatic carbocycles. The second-order valence-corrected chi connectivity index (χ2v) is 6.32. The van der Waals surface area contributed by atoms with Gasteiger partial charge in [0.05, 0.1) is 16.9 Å². The highest BCUT2D eigenvalue weighted by atomic mass is 32.2. The molecule has 2 N–H and O–H groups in total. The van der Waals surface area contributed by atoms with Gasteiger partial charge in [0.15, 0.2) is 5.78 Å². The van der Waals surface area contributed by atoms with Gasteiger partial charge in [-0.15, -0.1) is 11.8 Å². The highest BCUT2D eigenvalue weighted by Crippen LogP contribution is 2.24. The van der Waals surface area contributed by atoms with Crippen LogP contribution in [0.15, 0.2) is 53.2 Å². The van der Waals surface area contributed by atoms with Crippen LogP contribution >= 0.6 is 11.8 Å². The first-order valence-corrected chi connectivity index (χ1v) is 9.03.